The van der Waals surface area contributed by atoms with Crippen LogP contribution in [0.3, 0.4) is 0 Å². The molecule has 0 aliphatic heterocycles. The van der Waals surface area contributed by atoms with E-state index in [2.05, 4.69) is 0 Å². The smallest absolute Gasteiger partial charge is 0.336 e. The van der Waals surface area contributed by atoms with Gasteiger partial charge in [0.25, 0.3) is 0 Å². The third-order valence-electron chi connectivity index (χ3n) is 3.45. The monoisotopic (exact) mass is 321 g/mol. The number of benzene rings is 3. The number of nitrogen functional groups attached to an aromatic ring is 1. The first-order chi connectivity index (χ1) is 11.1. The molecule has 0 saturated carbocycles. The van der Waals surface area contributed by atoms with Gasteiger partial charge in [-0.05, 0) is 35.4 Å². The van der Waals surface area contributed by atoms with E-state index in [0.29, 0.717) is 10.6 Å². The molecule has 0 aliphatic carbocycles. The number of anilines is 1. The fraction of sp³-hybridized carbons (Fsp3) is 0. The number of carbonyl (C=O) groups is 1. The van der Waals surface area contributed by atoms with E-state index in [1.807, 2.05) is 54.6 Å². The summed E-state index contributed by atoms with van der Waals surface area (Å²) in [6.45, 7) is 0. The van der Waals surface area contributed by atoms with E-state index in [4.69, 9.17) is 5.73 Å². The summed E-state index contributed by atoms with van der Waals surface area (Å²) in [6, 6.07) is 22.8. The molecule has 0 heterocycles. The predicted molar refractivity (Wildman–Crippen MR) is 93.8 cm³/mol. The Labute approximate surface area is 138 Å². The number of nitrogens with two attached hydrogens (primary N) is 1. The van der Waals surface area contributed by atoms with Crippen molar-refractivity contribution in [2.75, 3.05) is 5.73 Å². The Hall–Kier alpha value is -2.72. The maximum absolute atomic E-state index is 11.3. The van der Waals surface area contributed by atoms with E-state index in [9.17, 15) is 9.90 Å². The molecule has 4 heteroatoms. The van der Waals surface area contributed by atoms with Crippen LogP contribution in [0.1, 0.15) is 10.4 Å². The lowest BCUT2D eigenvalue weighted by atomic mass is 10.1. The number of hydrogen-bond acceptors (Lipinski definition) is 3. The van der Waals surface area contributed by atoms with Gasteiger partial charge in [-0.1, -0.05) is 60.3 Å². The molecule has 114 valence electrons. The molecule has 3 N–H and O–H groups in total. The van der Waals surface area contributed by atoms with Crippen LogP contribution in [0.25, 0.3) is 11.1 Å². The van der Waals surface area contributed by atoms with Crippen molar-refractivity contribution >= 4 is 23.4 Å². The first-order valence-electron chi connectivity index (χ1n) is 7.10. The zero-order valence-corrected chi connectivity index (χ0v) is 13.1. The highest BCUT2D eigenvalue weighted by Crippen LogP contribution is 2.36. The normalized spacial score (nSPS) is 10.4. The van der Waals surface area contributed by atoms with Gasteiger partial charge in [0.05, 0.1) is 5.56 Å². The Morgan fingerprint density at radius 2 is 1.52 bits per heavy atom. The van der Waals surface area contributed by atoms with Crippen molar-refractivity contribution in [3.63, 3.8) is 0 Å². The molecular formula is C19H15NO2S. The lowest BCUT2D eigenvalue weighted by Gasteiger charge is -2.10. The molecule has 0 aliphatic rings. The molecule has 0 radical (unpaired) electrons. The van der Waals surface area contributed by atoms with Gasteiger partial charge in [-0.25, -0.2) is 4.79 Å². The van der Waals surface area contributed by atoms with Gasteiger partial charge in [-0.15, -0.1) is 0 Å². The van der Waals surface area contributed by atoms with Gasteiger partial charge in [0.15, 0.2) is 0 Å². The number of carboxylic acid groups (broad SMARTS) is 1. The van der Waals surface area contributed by atoms with E-state index in [1.165, 1.54) is 11.8 Å². The molecule has 0 saturated heterocycles. The van der Waals surface area contributed by atoms with Crippen LogP contribution in [0, 0.1) is 0 Å². The number of rotatable bonds is 4. The van der Waals surface area contributed by atoms with Crippen molar-refractivity contribution in [1.29, 1.82) is 0 Å². The van der Waals surface area contributed by atoms with Crippen LogP contribution in [-0.4, -0.2) is 11.1 Å². The van der Waals surface area contributed by atoms with Crippen molar-refractivity contribution in [3.05, 3.63) is 78.4 Å². The first-order valence-corrected chi connectivity index (χ1v) is 7.92. The molecule has 0 amide bonds. The van der Waals surface area contributed by atoms with Crippen molar-refractivity contribution in [2.45, 2.75) is 9.79 Å². The molecule has 0 atom stereocenters. The van der Waals surface area contributed by atoms with Gasteiger partial charge in [0.1, 0.15) is 0 Å². The molecule has 0 bridgehead atoms. The molecule has 0 spiro atoms. The van der Waals surface area contributed by atoms with Crippen molar-refractivity contribution in [1.82, 2.24) is 0 Å². The van der Waals surface area contributed by atoms with Crippen LogP contribution in [0.5, 0.6) is 0 Å². The van der Waals surface area contributed by atoms with Crippen LogP contribution < -0.4 is 5.73 Å². The van der Waals surface area contributed by atoms with Gasteiger partial charge in [0, 0.05) is 15.5 Å². The lowest BCUT2D eigenvalue weighted by molar-refractivity contribution is 0.0693. The van der Waals surface area contributed by atoms with Gasteiger partial charge in [-0.2, -0.15) is 0 Å². The van der Waals surface area contributed by atoms with Gasteiger partial charge in [-0.3, -0.25) is 0 Å². The second-order valence-electron chi connectivity index (χ2n) is 5.02. The van der Waals surface area contributed by atoms with E-state index in [0.717, 1.165) is 16.0 Å². The number of carboxylic acids is 1. The molecule has 3 rings (SSSR count). The van der Waals surface area contributed by atoms with E-state index in [1.54, 1.807) is 18.2 Å². The summed E-state index contributed by atoms with van der Waals surface area (Å²) in [5, 5.41) is 9.26. The lowest BCUT2D eigenvalue weighted by Crippen LogP contribution is -1.98. The van der Waals surface area contributed by atoms with Crippen molar-refractivity contribution < 1.29 is 9.90 Å². The summed E-state index contributed by atoms with van der Waals surface area (Å²) in [7, 11) is 0. The Bertz CT molecular complexity index is 847. The average molecular weight is 321 g/mol. The summed E-state index contributed by atoms with van der Waals surface area (Å²) in [6.07, 6.45) is 0. The van der Waals surface area contributed by atoms with E-state index < -0.39 is 5.97 Å². The third kappa shape index (κ3) is 3.38. The highest BCUT2D eigenvalue weighted by molar-refractivity contribution is 7.99. The fourth-order valence-electron chi connectivity index (χ4n) is 2.30. The topological polar surface area (TPSA) is 63.3 Å². The average Bonchev–Trinajstić information content (AvgIpc) is 2.58. The van der Waals surface area contributed by atoms with Crippen LogP contribution in [0.15, 0.2) is 82.6 Å². The van der Waals surface area contributed by atoms with Crippen molar-refractivity contribution in [3.8, 4) is 11.1 Å². The zero-order valence-electron chi connectivity index (χ0n) is 12.3. The molecular weight excluding hydrogens is 306 g/mol. The SMILES string of the molecule is Nc1cc(-c2ccccc2)ccc1Sc1ccccc1C(=O)O. The minimum Gasteiger partial charge on any atom is -0.478 e. The fourth-order valence-corrected chi connectivity index (χ4v) is 3.26. The van der Waals surface area contributed by atoms with Crippen LogP contribution in [0.4, 0.5) is 5.69 Å². The van der Waals surface area contributed by atoms with Crippen LogP contribution >= 0.6 is 11.8 Å². The minimum atomic E-state index is -0.937. The maximum atomic E-state index is 11.3. The Morgan fingerprint density at radius 3 is 2.22 bits per heavy atom. The highest BCUT2D eigenvalue weighted by atomic mass is 32.2. The molecule has 3 aromatic rings. The van der Waals surface area contributed by atoms with Crippen LogP contribution in [-0.2, 0) is 0 Å². The predicted octanol–water partition coefficient (Wildman–Crippen LogP) is 4.79. The summed E-state index contributed by atoms with van der Waals surface area (Å²) in [4.78, 5) is 12.8. The largest absolute Gasteiger partial charge is 0.478 e. The minimum absolute atomic E-state index is 0.282. The molecule has 3 nitrogen and oxygen atoms in total. The quantitative estimate of drug-likeness (QED) is 0.678. The summed E-state index contributed by atoms with van der Waals surface area (Å²) < 4.78 is 0. The van der Waals surface area contributed by atoms with Gasteiger partial charge >= 0.3 is 5.97 Å². The Morgan fingerprint density at radius 1 is 0.826 bits per heavy atom. The standard InChI is InChI=1S/C19H15NO2S/c20-16-12-14(13-6-2-1-3-7-13)10-11-18(16)23-17-9-5-4-8-15(17)19(21)22/h1-12H,20H2,(H,21,22). The Kier molecular flexibility index (Phi) is 4.35. The zero-order chi connectivity index (χ0) is 16.2. The third-order valence-corrected chi connectivity index (χ3v) is 4.62. The molecule has 0 fully saturated rings. The van der Waals surface area contributed by atoms with Gasteiger partial charge in [0.2, 0.25) is 0 Å². The number of aromatic carboxylic acids is 1. The Balaban J connectivity index is 1.92. The number of hydrogen-bond donors (Lipinski definition) is 2. The maximum Gasteiger partial charge on any atom is 0.336 e. The second-order valence-corrected chi connectivity index (χ2v) is 6.11. The molecule has 23 heavy (non-hydrogen) atoms. The highest BCUT2D eigenvalue weighted by Gasteiger charge is 2.12. The molecule has 0 aromatic heterocycles. The first kappa shape index (κ1) is 15.2. The van der Waals surface area contributed by atoms with E-state index in [-0.39, 0.29) is 5.56 Å². The molecule has 0 unspecified atom stereocenters. The van der Waals surface area contributed by atoms with E-state index >= 15 is 0 Å². The second kappa shape index (κ2) is 6.58. The summed E-state index contributed by atoms with van der Waals surface area (Å²) >= 11 is 1.37. The summed E-state index contributed by atoms with van der Waals surface area (Å²) in [5.74, 6) is -0.937. The van der Waals surface area contributed by atoms with Gasteiger partial charge < -0.3 is 10.8 Å². The molecule has 3 aromatic carbocycles. The van der Waals surface area contributed by atoms with Crippen LogP contribution in [0.2, 0.25) is 0 Å². The summed E-state index contributed by atoms with van der Waals surface area (Å²) in [5.41, 5.74) is 9.22. The van der Waals surface area contributed by atoms with Crippen molar-refractivity contribution in [2.24, 2.45) is 0 Å².